The van der Waals surface area contributed by atoms with Crippen LogP contribution >= 0.6 is 0 Å². The third kappa shape index (κ3) is 6.45. The molecule has 50 heavy (non-hydrogen) atoms. The average molecular weight is 704 g/mol. The largest absolute Gasteiger partial charge is 0.497 e. The van der Waals surface area contributed by atoms with Crippen LogP contribution in [-0.2, 0) is 21.5 Å². The fourth-order valence-corrected chi connectivity index (χ4v) is 10.3. The number of carbonyl (C=O) groups is 2. The van der Waals surface area contributed by atoms with E-state index in [1.807, 2.05) is 18.2 Å². The van der Waals surface area contributed by atoms with Gasteiger partial charge in [0, 0.05) is 73.3 Å². The average Bonchev–Trinajstić information content (AvgIpc) is 3.51. The number of hydrogen-bond donors (Lipinski definition) is 1. The van der Waals surface area contributed by atoms with Gasteiger partial charge in [-0.3, -0.25) is 9.59 Å². The third-order valence-corrected chi connectivity index (χ3v) is 13.6. The minimum atomic E-state index is -3.99. The predicted molar refractivity (Wildman–Crippen MR) is 197 cm³/mol. The second-order valence-corrected chi connectivity index (χ2v) is 17.1. The smallest absolute Gasteiger partial charge is 0.304 e. The van der Waals surface area contributed by atoms with Crippen LogP contribution in [0.2, 0.25) is 0 Å². The number of aryl methyl sites for hydroxylation is 1. The van der Waals surface area contributed by atoms with Gasteiger partial charge in [0.2, 0.25) is 5.91 Å². The van der Waals surface area contributed by atoms with E-state index >= 15 is 0 Å². The summed E-state index contributed by atoms with van der Waals surface area (Å²) in [5.74, 6) is 1.00. The van der Waals surface area contributed by atoms with Crippen molar-refractivity contribution in [2.75, 3.05) is 34.3 Å². The number of hydrogen-bond acceptors (Lipinski definition) is 6. The lowest BCUT2D eigenvalue weighted by Gasteiger charge is -2.39. The van der Waals surface area contributed by atoms with Gasteiger partial charge in [0.1, 0.15) is 5.75 Å². The summed E-state index contributed by atoms with van der Waals surface area (Å²) < 4.78 is 37.5. The summed E-state index contributed by atoms with van der Waals surface area (Å²) in [7, 11) is 1.34. The third-order valence-electron chi connectivity index (χ3n) is 12.0. The maximum absolute atomic E-state index is 13.8. The Morgan fingerprint density at radius 2 is 1.70 bits per heavy atom. The first-order valence-corrected chi connectivity index (χ1v) is 20.0. The van der Waals surface area contributed by atoms with E-state index in [0.717, 1.165) is 74.8 Å². The van der Waals surface area contributed by atoms with Gasteiger partial charge in [-0.2, -0.15) is 12.7 Å². The van der Waals surface area contributed by atoms with Crippen molar-refractivity contribution in [3.8, 4) is 17.0 Å². The molecule has 2 amide bonds. The predicted octanol–water partition coefficient (Wildman–Crippen LogP) is 6.25. The van der Waals surface area contributed by atoms with Gasteiger partial charge in [0.25, 0.3) is 5.91 Å². The molecule has 1 N–H and O–H groups in total. The molecule has 3 fully saturated rings. The zero-order valence-electron chi connectivity index (χ0n) is 30.3. The summed E-state index contributed by atoms with van der Waals surface area (Å²) >= 11 is 0. The molecule has 3 atom stereocenters. The summed E-state index contributed by atoms with van der Waals surface area (Å²) in [6.07, 6.45) is 10.2. The molecule has 2 aromatic carbocycles. The minimum absolute atomic E-state index is 0.159. The van der Waals surface area contributed by atoms with Gasteiger partial charge in [0.15, 0.2) is 0 Å². The van der Waals surface area contributed by atoms with Crippen LogP contribution in [0.5, 0.6) is 5.75 Å². The van der Waals surface area contributed by atoms with Gasteiger partial charge >= 0.3 is 10.2 Å². The molecule has 0 spiro atoms. The van der Waals surface area contributed by atoms with Gasteiger partial charge in [-0.05, 0) is 113 Å². The van der Waals surface area contributed by atoms with E-state index in [9.17, 15) is 18.0 Å². The highest BCUT2D eigenvalue weighted by atomic mass is 32.2. The van der Waals surface area contributed by atoms with Crippen LogP contribution < -0.4 is 9.46 Å². The lowest BCUT2D eigenvalue weighted by atomic mass is 9.80. The highest BCUT2D eigenvalue weighted by Gasteiger charge is 2.41. The van der Waals surface area contributed by atoms with E-state index < -0.39 is 16.1 Å². The van der Waals surface area contributed by atoms with Crippen molar-refractivity contribution in [2.24, 2.45) is 0 Å². The van der Waals surface area contributed by atoms with E-state index in [-0.39, 0.29) is 17.9 Å². The van der Waals surface area contributed by atoms with E-state index in [0.29, 0.717) is 30.0 Å². The Labute approximate surface area is 297 Å². The molecule has 2 bridgehead atoms. The number of likely N-dealkylation sites (tertiary alicyclic amines) is 1. The van der Waals surface area contributed by atoms with E-state index in [2.05, 4.69) is 38.3 Å². The van der Waals surface area contributed by atoms with Crippen molar-refractivity contribution < 1.29 is 22.7 Å². The molecule has 7 rings (SSSR count). The first-order valence-electron chi connectivity index (χ1n) is 18.6. The van der Waals surface area contributed by atoms with Gasteiger partial charge in [0.05, 0.1) is 12.8 Å². The number of piperazine rings is 1. The van der Waals surface area contributed by atoms with Gasteiger partial charge in [-0.15, -0.1) is 0 Å². The second-order valence-electron chi connectivity index (χ2n) is 15.4. The zero-order valence-corrected chi connectivity index (χ0v) is 31.1. The number of carbonyl (C=O) groups excluding carboxylic acids is 2. The minimum Gasteiger partial charge on any atom is -0.497 e. The molecule has 4 heterocycles. The number of likely N-dealkylation sites (N-methyl/N-ethyl adjacent to an activating group) is 1. The van der Waals surface area contributed by atoms with E-state index in [1.165, 1.54) is 53.0 Å². The molecular formula is C39H53N5O5S. The Balaban J connectivity index is 1.27. The van der Waals surface area contributed by atoms with Crippen LogP contribution in [0.15, 0.2) is 36.4 Å². The molecule has 270 valence electrons. The monoisotopic (exact) mass is 703 g/mol. The van der Waals surface area contributed by atoms with Crippen molar-refractivity contribution in [1.82, 2.24) is 23.4 Å². The molecule has 1 saturated carbocycles. The molecule has 0 radical (unpaired) electrons. The fourth-order valence-electron chi connectivity index (χ4n) is 9.28. The SMILES string of the molecule is COc1ccc2c(c1)C(CCC(=O)N1C3CCC1CN(C)C3)CCn1c-2c(C2CCCCC2)c2ccc(C(=O)NS(=O)(=O)N(C)C(C)C)cc21. The highest BCUT2D eigenvalue weighted by Crippen LogP contribution is 2.49. The number of methoxy groups -OCH3 is 1. The maximum Gasteiger partial charge on any atom is 0.304 e. The Morgan fingerprint density at radius 3 is 2.38 bits per heavy atom. The number of ether oxygens (including phenoxy) is 1. The van der Waals surface area contributed by atoms with Gasteiger partial charge < -0.3 is 19.1 Å². The lowest BCUT2D eigenvalue weighted by Crippen LogP contribution is -2.54. The fraction of sp³-hybridized carbons (Fsp3) is 0.590. The van der Waals surface area contributed by atoms with E-state index in [4.69, 9.17) is 4.74 Å². The van der Waals surface area contributed by atoms with Crippen molar-refractivity contribution in [2.45, 2.75) is 115 Å². The molecule has 2 saturated heterocycles. The molecular weight excluding hydrogens is 651 g/mol. The highest BCUT2D eigenvalue weighted by molar-refractivity contribution is 7.87. The lowest BCUT2D eigenvalue weighted by molar-refractivity contribution is -0.136. The summed E-state index contributed by atoms with van der Waals surface area (Å²) in [5.41, 5.74) is 6.19. The van der Waals surface area contributed by atoms with Crippen LogP contribution in [0.3, 0.4) is 0 Å². The van der Waals surface area contributed by atoms with E-state index in [1.54, 1.807) is 27.0 Å². The first-order chi connectivity index (χ1) is 24.0. The standard InChI is InChI=1S/C39H53N5O5S/c1-25(2)42(4)50(47,48)40-39(46)28-11-16-33-35(21-28)43-20-19-26(12-18-36(45)44-29-13-14-30(44)24-41(3)23-29)34-22-31(49-5)15-17-32(34)38(43)37(33)27-9-7-6-8-10-27/h11,15-17,21-22,25-27,29-30H,6-10,12-14,18-20,23-24H2,1-5H3,(H,40,46). The van der Waals surface area contributed by atoms with Crippen molar-refractivity contribution >= 4 is 32.9 Å². The molecule has 3 aromatic rings. The van der Waals surface area contributed by atoms with Crippen LogP contribution in [0.25, 0.3) is 22.2 Å². The number of benzene rings is 2. The first kappa shape index (κ1) is 35.0. The summed E-state index contributed by atoms with van der Waals surface area (Å²) in [6.45, 7) is 6.18. The summed E-state index contributed by atoms with van der Waals surface area (Å²) in [6, 6.07) is 12.4. The Morgan fingerprint density at radius 1 is 0.980 bits per heavy atom. The van der Waals surface area contributed by atoms with Crippen molar-refractivity contribution in [3.63, 3.8) is 0 Å². The number of fused-ring (bicyclic) bond motifs is 7. The Kier molecular flexibility index (Phi) is 9.77. The molecule has 1 aliphatic carbocycles. The number of amides is 2. The van der Waals surface area contributed by atoms with Crippen LogP contribution in [0, 0.1) is 0 Å². The molecule has 1 aromatic heterocycles. The Hall–Kier alpha value is -3.41. The van der Waals surface area contributed by atoms with Crippen LogP contribution in [0.4, 0.5) is 0 Å². The summed E-state index contributed by atoms with van der Waals surface area (Å²) in [5, 5.41) is 1.13. The number of rotatable bonds is 9. The number of aromatic nitrogens is 1. The normalized spacial score (nSPS) is 22.9. The Bertz CT molecular complexity index is 1870. The van der Waals surface area contributed by atoms with Crippen LogP contribution in [-0.4, -0.2) is 91.3 Å². The quantitative estimate of drug-likeness (QED) is 0.283. The zero-order chi connectivity index (χ0) is 35.3. The molecule has 3 unspecified atom stereocenters. The van der Waals surface area contributed by atoms with Crippen LogP contribution in [0.1, 0.15) is 111 Å². The maximum atomic E-state index is 13.8. The van der Waals surface area contributed by atoms with Crippen molar-refractivity contribution in [3.05, 3.63) is 53.1 Å². The topological polar surface area (TPSA) is 104 Å². The van der Waals surface area contributed by atoms with Gasteiger partial charge in [-0.25, -0.2) is 4.72 Å². The molecule has 4 aliphatic rings. The number of nitrogens with zero attached hydrogens (tertiary/aromatic N) is 4. The molecule has 10 nitrogen and oxygen atoms in total. The van der Waals surface area contributed by atoms with Crippen molar-refractivity contribution in [1.29, 1.82) is 0 Å². The van der Waals surface area contributed by atoms with Gasteiger partial charge in [-0.1, -0.05) is 25.3 Å². The summed E-state index contributed by atoms with van der Waals surface area (Å²) in [4.78, 5) is 31.8. The molecule has 3 aliphatic heterocycles. The second kappa shape index (κ2) is 14.0. The number of nitrogens with one attached hydrogen (secondary N) is 1. The molecule has 11 heteroatoms.